The summed E-state index contributed by atoms with van der Waals surface area (Å²) >= 11 is 4.66. The highest BCUT2D eigenvalue weighted by Gasteiger charge is 2.25. The van der Waals surface area contributed by atoms with Gasteiger partial charge in [-0.25, -0.2) is 9.79 Å². The summed E-state index contributed by atoms with van der Waals surface area (Å²) in [6.45, 7) is 0. The Morgan fingerprint density at radius 2 is 1.50 bits per heavy atom. The van der Waals surface area contributed by atoms with Crippen molar-refractivity contribution in [3.05, 3.63) is 124 Å². The summed E-state index contributed by atoms with van der Waals surface area (Å²) in [5.41, 5.74) is 1.86. The van der Waals surface area contributed by atoms with Gasteiger partial charge in [0, 0.05) is 10.0 Å². The largest absolute Gasteiger partial charge is 0.422 e. The first kappa shape index (κ1) is 24.2. The van der Waals surface area contributed by atoms with E-state index in [0.29, 0.717) is 26.9 Å². The van der Waals surface area contributed by atoms with Gasteiger partial charge in [-0.05, 0) is 75.8 Å². The Labute approximate surface area is 231 Å². The zero-order valence-electron chi connectivity index (χ0n) is 19.9. The summed E-state index contributed by atoms with van der Waals surface area (Å²) < 4.78 is 6.92. The number of ether oxygens (including phenoxy) is 1. The third kappa shape index (κ3) is 4.86. The summed E-state index contributed by atoms with van der Waals surface area (Å²) in [4.78, 5) is 31.2. The Balaban J connectivity index is 1.38. The molecule has 184 valence electrons. The van der Waals surface area contributed by atoms with E-state index < -0.39 is 5.97 Å². The van der Waals surface area contributed by atoms with Gasteiger partial charge < -0.3 is 10.1 Å². The van der Waals surface area contributed by atoms with E-state index in [2.05, 4.69) is 26.2 Å². The van der Waals surface area contributed by atoms with Crippen LogP contribution in [0.1, 0.15) is 15.9 Å². The van der Waals surface area contributed by atoms with Crippen LogP contribution in [0.5, 0.6) is 5.75 Å². The number of esters is 1. The second-order valence-electron chi connectivity index (χ2n) is 8.57. The quantitative estimate of drug-likeness (QED) is 0.134. The van der Waals surface area contributed by atoms with Crippen LogP contribution in [0.2, 0.25) is 0 Å². The molecule has 0 unspecified atom stereocenters. The van der Waals surface area contributed by atoms with Crippen molar-refractivity contribution in [3.8, 4) is 5.75 Å². The maximum Gasteiger partial charge on any atom is 0.344 e. The molecule has 0 bridgehead atoms. The van der Waals surface area contributed by atoms with Crippen LogP contribution in [0.4, 0.5) is 5.69 Å². The highest BCUT2D eigenvalue weighted by atomic mass is 79.9. The molecular formula is C31H19BrN2O3S. The van der Waals surface area contributed by atoms with Crippen LogP contribution in [0.3, 0.4) is 0 Å². The molecule has 5 aromatic carbocycles. The molecule has 6 rings (SSSR count). The molecule has 0 aliphatic carbocycles. The molecule has 0 spiro atoms. The van der Waals surface area contributed by atoms with Crippen LogP contribution >= 0.6 is 27.7 Å². The van der Waals surface area contributed by atoms with Crippen molar-refractivity contribution < 1.29 is 14.3 Å². The first-order valence-electron chi connectivity index (χ1n) is 11.8. The number of nitrogens with one attached hydrogen (secondary N) is 1. The molecule has 1 heterocycles. The summed E-state index contributed by atoms with van der Waals surface area (Å²) in [5.74, 6) is -0.344. The van der Waals surface area contributed by atoms with E-state index in [4.69, 9.17) is 4.74 Å². The Kier molecular flexibility index (Phi) is 6.54. The average molecular weight is 579 g/mol. The van der Waals surface area contributed by atoms with Gasteiger partial charge >= 0.3 is 5.97 Å². The zero-order valence-corrected chi connectivity index (χ0v) is 22.3. The lowest BCUT2D eigenvalue weighted by Crippen LogP contribution is -2.19. The van der Waals surface area contributed by atoms with Gasteiger partial charge in [0.15, 0.2) is 5.17 Å². The molecule has 1 aliphatic heterocycles. The Morgan fingerprint density at radius 1 is 0.816 bits per heavy atom. The first-order valence-corrected chi connectivity index (χ1v) is 13.4. The van der Waals surface area contributed by atoms with Crippen molar-refractivity contribution in [3.63, 3.8) is 0 Å². The van der Waals surface area contributed by atoms with Gasteiger partial charge in [-0.15, -0.1) is 0 Å². The Bertz CT molecular complexity index is 1790. The fraction of sp³-hybridized carbons (Fsp3) is 0. The molecule has 0 atom stereocenters. The minimum absolute atomic E-state index is 0.259. The molecule has 38 heavy (non-hydrogen) atoms. The maximum atomic E-state index is 13.3. The van der Waals surface area contributed by atoms with E-state index in [-0.39, 0.29) is 5.91 Å². The molecule has 1 aliphatic rings. The number of hydrogen-bond donors (Lipinski definition) is 1. The molecule has 5 nitrogen and oxygen atoms in total. The van der Waals surface area contributed by atoms with E-state index in [1.807, 2.05) is 91.0 Å². The van der Waals surface area contributed by atoms with Crippen molar-refractivity contribution >= 4 is 78.0 Å². The number of nitrogens with zero attached hydrogens (tertiary/aromatic N) is 1. The summed E-state index contributed by atoms with van der Waals surface area (Å²) in [6.07, 6.45) is 1.76. The molecule has 0 radical (unpaired) electrons. The van der Waals surface area contributed by atoms with Gasteiger partial charge in [0.1, 0.15) is 5.75 Å². The van der Waals surface area contributed by atoms with Crippen molar-refractivity contribution in [1.29, 1.82) is 0 Å². The zero-order chi connectivity index (χ0) is 26.1. The monoisotopic (exact) mass is 578 g/mol. The van der Waals surface area contributed by atoms with Gasteiger partial charge in [-0.1, -0.05) is 82.7 Å². The number of rotatable bonds is 4. The molecule has 5 aromatic rings. The molecule has 0 saturated carbocycles. The summed E-state index contributed by atoms with van der Waals surface area (Å²) in [5, 5.41) is 6.93. The molecule has 1 saturated heterocycles. The SMILES string of the molecule is O=C1NC(=Nc2ccc(Br)cc2)SC1=Cc1c(OC(=O)c2cccc3ccccc23)ccc2ccccc12. The number of aliphatic imine (C=N–C) groups is 1. The van der Waals surface area contributed by atoms with Crippen LogP contribution in [0.15, 0.2) is 117 Å². The average Bonchev–Trinajstić information content (AvgIpc) is 3.29. The fourth-order valence-corrected chi connectivity index (χ4v) is 5.40. The lowest BCUT2D eigenvalue weighted by atomic mass is 10.0. The second kappa shape index (κ2) is 10.3. The summed E-state index contributed by atoms with van der Waals surface area (Å²) in [6, 6.07) is 32.2. The first-order chi connectivity index (χ1) is 18.5. The van der Waals surface area contributed by atoms with Gasteiger partial charge in [-0.2, -0.15) is 0 Å². The van der Waals surface area contributed by atoms with Gasteiger partial charge in [0.25, 0.3) is 5.91 Å². The van der Waals surface area contributed by atoms with Crippen molar-refractivity contribution in [2.24, 2.45) is 4.99 Å². The van der Waals surface area contributed by atoms with Crippen LogP contribution in [-0.2, 0) is 4.79 Å². The number of halogens is 1. The van der Waals surface area contributed by atoms with E-state index in [1.54, 1.807) is 18.2 Å². The standard InChI is InChI=1S/C31H19BrN2O3S/c32-21-13-15-22(16-14-21)33-31-34-29(35)28(38-31)18-26-24-10-4-2-7-20(24)12-17-27(26)37-30(36)25-11-5-8-19-6-1-3-9-23(19)25/h1-18H,(H,33,34,35). The van der Waals surface area contributed by atoms with Crippen molar-refractivity contribution in [2.45, 2.75) is 0 Å². The van der Waals surface area contributed by atoms with E-state index in [0.717, 1.165) is 31.7 Å². The normalized spacial score (nSPS) is 15.3. The number of carbonyl (C=O) groups is 2. The van der Waals surface area contributed by atoms with Crippen molar-refractivity contribution in [2.75, 3.05) is 0 Å². The number of hydrogen-bond acceptors (Lipinski definition) is 5. The molecule has 0 aromatic heterocycles. The predicted octanol–water partition coefficient (Wildman–Crippen LogP) is 7.87. The summed E-state index contributed by atoms with van der Waals surface area (Å²) in [7, 11) is 0. The van der Waals surface area contributed by atoms with E-state index in [9.17, 15) is 9.59 Å². The number of carbonyl (C=O) groups excluding carboxylic acids is 2. The Hall–Kier alpha value is -4.20. The highest BCUT2D eigenvalue weighted by molar-refractivity contribution is 9.10. The minimum atomic E-state index is -0.460. The lowest BCUT2D eigenvalue weighted by Gasteiger charge is -2.12. The number of benzene rings is 5. The molecule has 1 N–H and O–H groups in total. The van der Waals surface area contributed by atoms with E-state index in [1.165, 1.54) is 11.8 Å². The third-order valence-electron chi connectivity index (χ3n) is 6.13. The Morgan fingerprint density at radius 3 is 2.29 bits per heavy atom. The maximum absolute atomic E-state index is 13.3. The number of thioether (sulfide) groups is 1. The van der Waals surface area contributed by atoms with Gasteiger partial charge in [-0.3, -0.25) is 4.79 Å². The molecule has 1 amide bonds. The number of fused-ring (bicyclic) bond motifs is 2. The number of amides is 1. The molecule has 7 heteroatoms. The predicted molar refractivity (Wildman–Crippen MR) is 158 cm³/mol. The van der Waals surface area contributed by atoms with Crippen LogP contribution in [0, 0.1) is 0 Å². The van der Waals surface area contributed by atoms with Crippen LogP contribution in [0.25, 0.3) is 27.6 Å². The third-order valence-corrected chi connectivity index (χ3v) is 7.57. The lowest BCUT2D eigenvalue weighted by molar-refractivity contribution is -0.115. The smallest absolute Gasteiger partial charge is 0.344 e. The van der Waals surface area contributed by atoms with Crippen molar-refractivity contribution in [1.82, 2.24) is 5.32 Å². The van der Waals surface area contributed by atoms with Crippen LogP contribution in [-0.4, -0.2) is 17.0 Å². The fourth-order valence-electron chi connectivity index (χ4n) is 4.32. The number of amidine groups is 1. The van der Waals surface area contributed by atoms with Gasteiger partial charge in [0.2, 0.25) is 0 Å². The minimum Gasteiger partial charge on any atom is -0.422 e. The van der Waals surface area contributed by atoms with E-state index >= 15 is 0 Å². The highest BCUT2D eigenvalue weighted by Crippen LogP contribution is 2.35. The van der Waals surface area contributed by atoms with Crippen LogP contribution < -0.4 is 10.1 Å². The van der Waals surface area contributed by atoms with Gasteiger partial charge in [0.05, 0.1) is 16.2 Å². The second-order valence-corrected chi connectivity index (χ2v) is 10.5. The molecule has 1 fully saturated rings. The topological polar surface area (TPSA) is 67.8 Å². The molecular weight excluding hydrogens is 560 g/mol.